The number of hydrogen-bond acceptors (Lipinski definition) is 4. The Bertz CT molecular complexity index is 245. The van der Waals surface area contributed by atoms with E-state index in [4.69, 9.17) is 9.47 Å². The summed E-state index contributed by atoms with van der Waals surface area (Å²) in [5.41, 5.74) is 0. The van der Waals surface area contributed by atoms with Crippen molar-refractivity contribution in [1.29, 1.82) is 0 Å². The zero-order valence-corrected chi connectivity index (χ0v) is 8.94. The minimum Gasteiger partial charge on any atom is -0.466 e. The van der Waals surface area contributed by atoms with Crippen molar-refractivity contribution in [1.82, 2.24) is 0 Å². The maximum atomic E-state index is 10.8. The minimum absolute atomic E-state index is 0.0501. The van der Waals surface area contributed by atoms with Crippen LogP contribution in [-0.4, -0.2) is 31.1 Å². The van der Waals surface area contributed by atoms with Gasteiger partial charge in [-0.25, -0.2) is 4.79 Å². The van der Waals surface area contributed by atoms with Crippen LogP contribution in [0.5, 0.6) is 0 Å². The van der Waals surface area contributed by atoms with Crippen LogP contribution in [0.3, 0.4) is 0 Å². The number of esters is 1. The highest BCUT2D eigenvalue weighted by molar-refractivity contribution is 5.81. The van der Waals surface area contributed by atoms with Gasteiger partial charge in [-0.1, -0.05) is 0 Å². The van der Waals surface area contributed by atoms with Crippen molar-refractivity contribution in [3.63, 3.8) is 0 Å². The number of rotatable bonds is 2. The van der Waals surface area contributed by atoms with Crippen LogP contribution in [0.4, 0.5) is 0 Å². The molecule has 80 valence electrons. The SMILES string of the molecule is COC(=O)C=CC1OC(C)(C)OC1C. The number of hydrogen-bond donors (Lipinski definition) is 0. The lowest BCUT2D eigenvalue weighted by atomic mass is 10.2. The summed E-state index contributed by atoms with van der Waals surface area (Å²) in [6.45, 7) is 5.59. The topological polar surface area (TPSA) is 44.8 Å². The molecule has 1 rings (SSSR count). The standard InChI is InChI=1S/C10H16O4/c1-7-8(5-6-9(11)12-4)14-10(2,3)13-7/h5-8H,1-4H3. The molecule has 0 radical (unpaired) electrons. The molecule has 4 heteroatoms. The number of methoxy groups -OCH3 is 1. The summed E-state index contributed by atoms with van der Waals surface area (Å²) < 4.78 is 15.5. The van der Waals surface area contributed by atoms with Gasteiger partial charge in [0, 0.05) is 6.08 Å². The molecule has 0 aromatic rings. The molecule has 0 aliphatic carbocycles. The van der Waals surface area contributed by atoms with E-state index < -0.39 is 5.79 Å². The van der Waals surface area contributed by atoms with E-state index in [1.165, 1.54) is 13.2 Å². The minimum atomic E-state index is -0.579. The fourth-order valence-electron chi connectivity index (χ4n) is 1.40. The van der Waals surface area contributed by atoms with Crippen molar-refractivity contribution >= 4 is 5.97 Å². The molecule has 14 heavy (non-hydrogen) atoms. The largest absolute Gasteiger partial charge is 0.466 e. The highest BCUT2D eigenvalue weighted by Gasteiger charge is 2.37. The van der Waals surface area contributed by atoms with Crippen molar-refractivity contribution in [2.75, 3.05) is 7.11 Å². The molecule has 2 unspecified atom stereocenters. The van der Waals surface area contributed by atoms with Crippen LogP contribution in [0.15, 0.2) is 12.2 Å². The van der Waals surface area contributed by atoms with Gasteiger partial charge in [-0.2, -0.15) is 0 Å². The quantitative estimate of drug-likeness (QED) is 0.497. The zero-order valence-electron chi connectivity index (χ0n) is 8.94. The van der Waals surface area contributed by atoms with E-state index in [1.807, 2.05) is 20.8 Å². The van der Waals surface area contributed by atoms with E-state index in [0.717, 1.165) is 0 Å². The van der Waals surface area contributed by atoms with Crippen molar-refractivity contribution in [3.05, 3.63) is 12.2 Å². The van der Waals surface area contributed by atoms with Crippen LogP contribution in [0.2, 0.25) is 0 Å². The number of carbonyl (C=O) groups excluding carboxylic acids is 1. The summed E-state index contributed by atoms with van der Waals surface area (Å²) in [5.74, 6) is -0.963. The van der Waals surface area contributed by atoms with Crippen LogP contribution >= 0.6 is 0 Å². The van der Waals surface area contributed by atoms with Crippen molar-refractivity contribution in [3.8, 4) is 0 Å². The summed E-state index contributed by atoms with van der Waals surface area (Å²) in [4.78, 5) is 10.8. The molecule has 1 heterocycles. The monoisotopic (exact) mass is 200 g/mol. The first kappa shape index (κ1) is 11.2. The Kier molecular flexibility index (Phi) is 3.29. The third-order valence-corrected chi connectivity index (χ3v) is 1.98. The Morgan fingerprint density at radius 1 is 1.43 bits per heavy atom. The molecule has 0 spiro atoms. The fraction of sp³-hybridized carbons (Fsp3) is 0.700. The van der Waals surface area contributed by atoms with Crippen LogP contribution < -0.4 is 0 Å². The van der Waals surface area contributed by atoms with Gasteiger partial charge in [0.15, 0.2) is 5.79 Å². The van der Waals surface area contributed by atoms with E-state index in [9.17, 15) is 4.79 Å². The Morgan fingerprint density at radius 2 is 2.07 bits per heavy atom. The third kappa shape index (κ3) is 2.82. The average Bonchev–Trinajstić information content (AvgIpc) is 2.35. The van der Waals surface area contributed by atoms with Gasteiger partial charge in [0.1, 0.15) is 6.10 Å². The van der Waals surface area contributed by atoms with Crippen LogP contribution in [0, 0.1) is 0 Å². The molecule has 0 aromatic heterocycles. The van der Waals surface area contributed by atoms with Gasteiger partial charge < -0.3 is 14.2 Å². The number of ether oxygens (including phenoxy) is 3. The van der Waals surface area contributed by atoms with Gasteiger partial charge in [-0.05, 0) is 26.8 Å². The summed E-state index contributed by atoms with van der Waals surface area (Å²) in [7, 11) is 1.34. The highest BCUT2D eigenvalue weighted by atomic mass is 16.7. The molecular formula is C10H16O4. The van der Waals surface area contributed by atoms with Crippen LogP contribution in [-0.2, 0) is 19.0 Å². The molecule has 0 amide bonds. The van der Waals surface area contributed by atoms with Gasteiger partial charge in [0.2, 0.25) is 0 Å². The van der Waals surface area contributed by atoms with Crippen molar-refractivity contribution in [2.45, 2.75) is 38.8 Å². The fourth-order valence-corrected chi connectivity index (χ4v) is 1.40. The molecule has 0 saturated carbocycles. The first-order valence-corrected chi connectivity index (χ1v) is 4.56. The van der Waals surface area contributed by atoms with Gasteiger partial charge >= 0.3 is 5.97 Å². The molecule has 4 nitrogen and oxygen atoms in total. The third-order valence-electron chi connectivity index (χ3n) is 1.98. The summed E-state index contributed by atoms with van der Waals surface area (Å²) >= 11 is 0. The smallest absolute Gasteiger partial charge is 0.330 e. The Morgan fingerprint density at radius 3 is 2.50 bits per heavy atom. The molecule has 0 aromatic carbocycles. The summed E-state index contributed by atoms with van der Waals surface area (Å²) in [5, 5.41) is 0. The molecule has 0 N–H and O–H groups in total. The molecule has 1 aliphatic heterocycles. The van der Waals surface area contributed by atoms with E-state index in [1.54, 1.807) is 6.08 Å². The van der Waals surface area contributed by atoms with E-state index in [0.29, 0.717) is 0 Å². The van der Waals surface area contributed by atoms with E-state index in [2.05, 4.69) is 4.74 Å². The Hall–Kier alpha value is -0.870. The van der Waals surface area contributed by atoms with Crippen LogP contribution in [0.25, 0.3) is 0 Å². The maximum Gasteiger partial charge on any atom is 0.330 e. The Labute approximate surface area is 83.8 Å². The van der Waals surface area contributed by atoms with Gasteiger partial charge in [-0.3, -0.25) is 0 Å². The predicted octanol–water partition coefficient (Wildman–Crippen LogP) is 1.26. The normalized spacial score (nSPS) is 30.9. The second-order valence-electron chi connectivity index (χ2n) is 3.69. The zero-order chi connectivity index (χ0) is 10.8. The lowest BCUT2D eigenvalue weighted by molar-refractivity contribution is -0.141. The van der Waals surface area contributed by atoms with Gasteiger partial charge in [-0.15, -0.1) is 0 Å². The first-order chi connectivity index (χ1) is 6.44. The van der Waals surface area contributed by atoms with Crippen LogP contribution in [0.1, 0.15) is 20.8 Å². The second-order valence-corrected chi connectivity index (χ2v) is 3.69. The molecule has 1 fully saturated rings. The lowest BCUT2D eigenvalue weighted by Gasteiger charge is -2.15. The Balaban J connectivity index is 2.55. The molecule has 1 aliphatic rings. The highest BCUT2D eigenvalue weighted by Crippen LogP contribution is 2.28. The molecule has 1 saturated heterocycles. The second kappa shape index (κ2) is 4.11. The molecule has 2 atom stereocenters. The predicted molar refractivity (Wildman–Crippen MR) is 50.7 cm³/mol. The molecular weight excluding hydrogens is 184 g/mol. The summed E-state index contributed by atoms with van der Waals surface area (Å²) in [6, 6.07) is 0. The lowest BCUT2D eigenvalue weighted by Crippen LogP contribution is -2.20. The van der Waals surface area contributed by atoms with E-state index in [-0.39, 0.29) is 18.2 Å². The van der Waals surface area contributed by atoms with Crippen molar-refractivity contribution < 1.29 is 19.0 Å². The average molecular weight is 200 g/mol. The maximum absolute atomic E-state index is 10.8. The number of carbonyl (C=O) groups is 1. The van der Waals surface area contributed by atoms with Crippen molar-refractivity contribution in [2.24, 2.45) is 0 Å². The van der Waals surface area contributed by atoms with Gasteiger partial charge in [0.05, 0.1) is 13.2 Å². The van der Waals surface area contributed by atoms with Gasteiger partial charge in [0.25, 0.3) is 0 Å². The molecule has 0 bridgehead atoms. The first-order valence-electron chi connectivity index (χ1n) is 4.56. The summed E-state index contributed by atoms with van der Waals surface area (Å²) in [6.07, 6.45) is 2.77. The van der Waals surface area contributed by atoms with E-state index >= 15 is 0 Å².